The number of rotatable bonds is 7. The Morgan fingerprint density at radius 1 is 1.21 bits per heavy atom. The molecule has 0 radical (unpaired) electrons. The fraction of sp³-hybridized carbons (Fsp3) is 0.400. The molecule has 8 heteroatoms. The molecule has 1 N–H and O–H groups in total. The first-order valence-electron chi connectivity index (χ1n) is 9.17. The average Bonchev–Trinajstić information content (AvgIpc) is 3.30. The largest absolute Gasteiger partial charge is 0.494 e. The van der Waals surface area contributed by atoms with Crippen LogP contribution in [0, 0.1) is 0 Å². The van der Waals surface area contributed by atoms with Crippen molar-refractivity contribution in [1.82, 2.24) is 15.1 Å². The second-order valence-corrected chi connectivity index (χ2v) is 8.16. The van der Waals surface area contributed by atoms with Crippen molar-refractivity contribution in [3.05, 3.63) is 41.4 Å². The fourth-order valence-corrected chi connectivity index (χ4v) is 3.15. The summed E-state index contributed by atoms with van der Waals surface area (Å²) in [4.78, 5) is 21.0. The van der Waals surface area contributed by atoms with Crippen LogP contribution in [0.2, 0.25) is 0 Å². The van der Waals surface area contributed by atoms with Crippen molar-refractivity contribution in [3.63, 3.8) is 0 Å². The zero-order chi connectivity index (χ0) is 20.1. The van der Waals surface area contributed by atoms with Gasteiger partial charge in [0.2, 0.25) is 11.8 Å². The van der Waals surface area contributed by atoms with Crippen LogP contribution in [-0.4, -0.2) is 27.6 Å². The maximum atomic E-state index is 12.2. The van der Waals surface area contributed by atoms with Crippen LogP contribution in [-0.2, 0) is 16.6 Å². The number of amides is 1. The molecular formula is C20H24N4O3S. The zero-order valence-electron chi connectivity index (χ0n) is 16.5. The van der Waals surface area contributed by atoms with E-state index in [1.807, 2.05) is 57.3 Å². The van der Waals surface area contributed by atoms with E-state index in [1.165, 1.54) is 11.3 Å². The Balaban J connectivity index is 1.54. The van der Waals surface area contributed by atoms with Gasteiger partial charge in [0, 0.05) is 29.2 Å². The molecule has 0 saturated carbocycles. The number of nitrogens with zero attached hydrogens (tertiary/aromatic N) is 3. The number of benzene rings is 1. The lowest BCUT2D eigenvalue weighted by Crippen LogP contribution is -2.14. The Morgan fingerprint density at radius 3 is 2.61 bits per heavy atom. The number of anilines is 1. The number of nitrogens with one attached hydrogen (secondary N) is 1. The van der Waals surface area contributed by atoms with Crippen molar-refractivity contribution >= 4 is 22.4 Å². The van der Waals surface area contributed by atoms with Gasteiger partial charge in [-0.2, -0.15) is 4.98 Å². The van der Waals surface area contributed by atoms with Gasteiger partial charge in [0.15, 0.2) is 11.0 Å². The molecular weight excluding hydrogens is 376 g/mol. The number of hydrogen-bond donors (Lipinski definition) is 1. The molecule has 148 valence electrons. The third-order valence-electron chi connectivity index (χ3n) is 3.92. The molecule has 0 aliphatic carbocycles. The topological polar surface area (TPSA) is 90.1 Å². The summed E-state index contributed by atoms with van der Waals surface area (Å²) < 4.78 is 10.7. The normalized spacial score (nSPS) is 11.4. The van der Waals surface area contributed by atoms with E-state index in [0.717, 1.165) is 17.0 Å². The number of carbonyl (C=O) groups excluding carboxylic acids is 1. The van der Waals surface area contributed by atoms with Gasteiger partial charge in [-0.05, 0) is 31.2 Å². The lowest BCUT2D eigenvalue weighted by Gasteiger charge is -2.10. The van der Waals surface area contributed by atoms with E-state index in [2.05, 4.69) is 20.4 Å². The van der Waals surface area contributed by atoms with E-state index >= 15 is 0 Å². The molecule has 0 aliphatic heterocycles. The van der Waals surface area contributed by atoms with Crippen LogP contribution in [0.5, 0.6) is 5.75 Å². The van der Waals surface area contributed by atoms with Crippen LogP contribution in [0.3, 0.4) is 0 Å². The van der Waals surface area contributed by atoms with E-state index in [-0.39, 0.29) is 17.7 Å². The number of thiazole rings is 1. The second-order valence-electron chi connectivity index (χ2n) is 7.31. The molecule has 0 saturated heterocycles. The monoisotopic (exact) mass is 400 g/mol. The van der Waals surface area contributed by atoms with Crippen molar-refractivity contribution in [3.8, 4) is 17.0 Å². The second kappa shape index (κ2) is 8.52. The van der Waals surface area contributed by atoms with Crippen LogP contribution in [0.15, 0.2) is 34.2 Å². The molecule has 0 bridgehead atoms. The van der Waals surface area contributed by atoms with E-state index in [4.69, 9.17) is 9.26 Å². The molecule has 3 aromatic rings. The molecule has 7 nitrogen and oxygen atoms in total. The molecule has 3 rings (SSSR count). The minimum atomic E-state index is -0.178. The van der Waals surface area contributed by atoms with Gasteiger partial charge < -0.3 is 14.6 Å². The van der Waals surface area contributed by atoms with Crippen molar-refractivity contribution in [2.75, 3.05) is 11.9 Å². The molecule has 1 aromatic carbocycles. The van der Waals surface area contributed by atoms with E-state index in [9.17, 15) is 4.79 Å². The lowest BCUT2D eigenvalue weighted by molar-refractivity contribution is -0.116. The van der Waals surface area contributed by atoms with Gasteiger partial charge in [0.05, 0.1) is 12.3 Å². The minimum absolute atomic E-state index is 0.136. The first-order chi connectivity index (χ1) is 13.3. The number of aryl methyl sites for hydroxylation is 1. The highest BCUT2D eigenvalue weighted by atomic mass is 32.1. The Labute approximate surface area is 168 Å². The Hall–Kier alpha value is -2.74. The fourth-order valence-electron chi connectivity index (χ4n) is 2.42. The average molecular weight is 401 g/mol. The predicted molar refractivity (Wildman–Crippen MR) is 109 cm³/mol. The summed E-state index contributed by atoms with van der Waals surface area (Å²) in [5, 5.41) is 9.27. The van der Waals surface area contributed by atoms with Gasteiger partial charge in [-0.25, -0.2) is 4.98 Å². The van der Waals surface area contributed by atoms with Crippen molar-refractivity contribution in [2.24, 2.45) is 0 Å². The molecule has 1 amide bonds. The van der Waals surface area contributed by atoms with Gasteiger partial charge in [-0.1, -0.05) is 25.9 Å². The first-order valence-corrected chi connectivity index (χ1v) is 10.0. The summed E-state index contributed by atoms with van der Waals surface area (Å²) in [6.07, 6.45) is 0.649. The molecule has 0 fully saturated rings. The summed E-state index contributed by atoms with van der Waals surface area (Å²) in [6, 6.07) is 7.72. The maximum absolute atomic E-state index is 12.2. The van der Waals surface area contributed by atoms with Crippen molar-refractivity contribution < 1.29 is 14.1 Å². The molecule has 28 heavy (non-hydrogen) atoms. The third kappa shape index (κ3) is 5.16. The smallest absolute Gasteiger partial charge is 0.227 e. The highest BCUT2D eigenvalue weighted by Gasteiger charge is 2.21. The van der Waals surface area contributed by atoms with Gasteiger partial charge in [0.25, 0.3) is 0 Å². The standard InChI is InChI=1S/C20H24N4O3S/c1-5-26-14-8-6-13(7-9-14)15-12-28-19(21-15)22-16(25)10-11-17-23-18(24-27-17)20(2,3)4/h6-9,12H,5,10-11H2,1-4H3,(H,21,22,25). The van der Waals surface area contributed by atoms with E-state index < -0.39 is 0 Å². The first kappa shape index (κ1) is 20.0. The number of hydrogen-bond acceptors (Lipinski definition) is 7. The van der Waals surface area contributed by atoms with Crippen molar-refractivity contribution in [1.29, 1.82) is 0 Å². The van der Waals surface area contributed by atoms with Crippen LogP contribution >= 0.6 is 11.3 Å². The van der Waals surface area contributed by atoms with Crippen LogP contribution in [0.4, 0.5) is 5.13 Å². The maximum Gasteiger partial charge on any atom is 0.227 e. The van der Waals surface area contributed by atoms with Gasteiger partial charge in [-0.3, -0.25) is 4.79 Å². The number of carbonyl (C=O) groups is 1. The van der Waals surface area contributed by atoms with Crippen LogP contribution in [0.1, 0.15) is 45.8 Å². The molecule has 0 spiro atoms. The third-order valence-corrected chi connectivity index (χ3v) is 4.67. The number of ether oxygens (including phenoxy) is 1. The Morgan fingerprint density at radius 2 is 1.96 bits per heavy atom. The van der Waals surface area contributed by atoms with Crippen molar-refractivity contribution in [2.45, 2.75) is 46.0 Å². The SMILES string of the molecule is CCOc1ccc(-c2csc(NC(=O)CCc3nc(C(C)(C)C)no3)n2)cc1. The summed E-state index contributed by atoms with van der Waals surface area (Å²) in [7, 11) is 0. The van der Waals surface area contributed by atoms with Crippen LogP contribution < -0.4 is 10.1 Å². The van der Waals surface area contributed by atoms with Gasteiger partial charge in [0.1, 0.15) is 5.75 Å². The molecule has 2 aromatic heterocycles. The lowest BCUT2D eigenvalue weighted by atomic mass is 9.96. The highest BCUT2D eigenvalue weighted by Crippen LogP contribution is 2.26. The summed E-state index contributed by atoms with van der Waals surface area (Å²) >= 11 is 1.39. The Kier molecular flexibility index (Phi) is 6.08. The predicted octanol–water partition coefficient (Wildman–Crippen LogP) is 4.46. The summed E-state index contributed by atoms with van der Waals surface area (Å²) in [5.74, 6) is 1.80. The van der Waals surface area contributed by atoms with Gasteiger partial charge >= 0.3 is 0 Å². The molecule has 2 heterocycles. The molecule has 0 atom stereocenters. The number of aromatic nitrogens is 3. The molecule has 0 unspecified atom stereocenters. The van der Waals surface area contributed by atoms with E-state index in [0.29, 0.717) is 29.9 Å². The Bertz CT molecular complexity index is 926. The van der Waals surface area contributed by atoms with Crippen LogP contribution in [0.25, 0.3) is 11.3 Å². The summed E-state index contributed by atoms with van der Waals surface area (Å²) in [6.45, 7) is 8.62. The summed E-state index contributed by atoms with van der Waals surface area (Å²) in [5.41, 5.74) is 1.61. The quantitative estimate of drug-likeness (QED) is 0.630. The van der Waals surface area contributed by atoms with Gasteiger partial charge in [-0.15, -0.1) is 11.3 Å². The highest BCUT2D eigenvalue weighted by molar-refractivity contribution is 7.14. The van der Waals surface area contributed by atoms with E-state index in [1.54, 1.807) is 0 Å². The minimum Gasteiger partial charge on any atom is -0.494 e. The molecule has 0 aliphatic rings. The zero-order valence-corrected chi connectivity index (χ0v) is 17.3.